The molecule has 1 heterocycles. The molecule has 0 unspecified atom stereocenters. The van der Waals surface area contributed by atoms with Crippen molar-refractivity contribution in [2.45, 2.75) is 26.2 Å². The summed E-state index contributed by atoms with van der Waals surface area (Å²) in [6.07, 6.45) is 0. The van der Waals surface area contributed by atoms with E-state index in [1.54, 1.807) is 12.1 Å². The van der Waals surface area contributed by atoms with Crippen LogP contribution in [0, 0.1) is 3.57 Å². The fourth-order valence-corrected chi connectivity index (χ4v) is 2.53. The van der Waals surface area contributed by atoms with Gasteiger partial charge in [0.1, 0.15) is 5.15 Å². The van der Waals surface area contributed by atoms with Gasteiger partial charge >= 0.3 is 0 Å². The molecule has 5 heteroatoms. The van der Waals surface area contributed by atoms with E-state index >= 15 is 0 Å². The van der Waals surface area contributed by atoms with E-state index in [2.05, 4.69) is 32.9 Å². The Morgan fingerprint density at radius 3 is 2.57 bits per heavy atom. The number of nitrogens with one attached hydrogen (secondary N) is 1. The van der Waals surface area contributed by atoms with Gasteiger partial charge in [-0.1, -0.05) is 38.4 Å². The number of hydrogen-bond acceptors (Lipinski definition) is 2. The second-order valence-electron chi connectivity index (χ2n) is 5.78. The van der Waals surface area contributed by atoms with E-state index in [0.29, 0.717) is 10.7 Å². The highest BCUT2D eigenvalue weighted by molar-refractivity contribution is 14.1. The number of nitrogens with zero attached hydrogens (tertiary/aromatic N) is 1. The van der Waals surface area contributed by atoms with Crippen LogP contribution in [0.15, 0.2) is 36.4 Å². The maximum absolute atomic E-state index is 12.4. The molecule has 2 rings (SSSR count). The van der Waals surface area contributed by atoms with Crippen molar-refractivity contribution in [2.24, 2.45) is 0 Å². The average Bonchev–Trinajstić information content (AvgIpc) is 2.37. The van der Waals surface area contributed by atoms with Crippen LogP contribution in [0.4, 0.5) is 5.69 Å². The second kappa shape index (κ2) is 6.32. The van der Waals surface area contributed by atoms with Gasteiger partial charge in [0.05, 0.1) is 0 Å². The third-order valence-corrected chi connectivity index (χ3v) is 3.77. The first-order valence-electron chi connectivity index (χ1n) is 6.51. The number of hydrogen-bond donors (Lipinski definition) is 1. The van der Waals surface area contributed by atoms with E-state index < -0.39 is 0 Å². The number of aromatic nitrogens is 1. The topological polar surface area (TPSA) is 42.0 Å². The number of carbonyl (C=O) groups excluding carboxylic acids is 1. The van der Waals surface area contributed by atoms with Crippen molar-refractivity contribution in [3.63, 3.8) is 0 Å². The number of pyridine rings is 1. The molecule has 0 saturated carbocycles. The molecular weight excluding hydrogens is 399 g/mol. The first kappa shape index (κ1) is 16.2. The Labute approximate surface area is 143 Å². The minimum absolute atomic E-state index is 0.165. The molecule has 0 fully saturated rings. The number of halogens is 2. The molecule has 1 N–H and O–H groups in total. The summed E-state index contributed by atoms with van der Waals surface area (Å²) in [5, 5.41) is 3.20. The fraction of sp³-hybridized carbons (Fsp3) is 0.250. The molecule has 1 aromatic carbocycles. The quantitative estimate of drug-likeness (QED) is 0.561. The molecule has 3 nitrogen and oxygen atoms in total. The predicted molar refractivity (Wildman–Crippen MR) is 95.1 cm³/mol. The van der Waals surface area contributed by atoms with Gasteiger partial charge in [0.15, 0.2) is 0 Å². The Bertz CT molecular complexity index is 680. The van der Waals surface area contributed by atoms with Gasteiger partial charge in [0.2, 0.25) is 0 Å². The van der Waals surface area contributed by atoms with E-state index in [4.69, 9.17) is 11.6 Å². The molecule has 0 radical (unpaired) electrons. The van der Waals surface area contributed by atoms with Gasteiger partial charge in [-0.2, -0.15) is 0 Å². The molecule has 0 aliphatic carbocycles. The zero-order valence-electron chi connectivity index (χ0n) is 12.1. The van der Waals surface area contributed by atoms with Gasteiger partial charge in [-0.25, -0.2) is 4.98 Å². The van der Waals surface area contributed by atoms with Gasteiger partial charge < -0.3 is 5.32 Å². The minimum atomic E-state index is -0.188. The number of anilines is 1. The summed E-state index contributed by atoms with van der Waals surface area (Å²) in [4.78, 5) is 16.6. The summed E-state index contributed by atoms with van der Waals surface area (Å²) in [6, 6.07) is 11.0. The summed E-state index contributed by atoms with van der Waals surface area (Å²) in [7, 11) is 0. The summed E-state index contributed by atoms with van der Waals surface area (Å²) < 4.78 is 1.06. The highest BCUT2D eigenvalue weighted by Crippen LogP contribution is 2.24. The Hall–Kier alpha value is -1.14. The molecule has 110 valence electrons. The number of benzene rings is 1. The van der Waals surface area contributed by atoms with Crippen LogP contribution in [0.25, 0.3) is 0 Å². The minimum Gasteiger partial charge on any atom is -0.322 e. The number of rotatable bonds is 2. The largest absolute Gasteiger partial charge is 0.322 e. The van der Waals surface area contributed by atoms with Crippen molar-refractivity contribution in [1.29, 1.82) is 0 Å². The normalized spacial score (nSPS) is 11.3. The van der Waals surface area contributed by atoms with Crippen LogP contribution in [0.3, 0.4) is 0 Å². The smallest absolute Gasteiger partial charge is 0.255 e. The summed E-state index contributed by atoms with van der Waals surface area (Å²) in [5.41, 5.74) is 1.90. The molecule has 0 spiro atoms. The average molecular weight is 415 g/mol. The van der Waals surface area contributed by atoms with Crippen LogP contribution in [0.1, 0.15) is 36.8 Å². The maximum Gasteiger partial charge on any atom is 0.255 e. The lowest BCUT2D eigenvalue weighted by molar-refractivity contribution is 0.102. The third-order valence-electron chi connectivity index (χ3n) is 2.91. The van der Waals surface area contributed by atoms with E-state index in [1.807, 2.05) is 45.0 Å². The molecule has 0 bridgehead atoms. The second-order valence-corrected chi connectivity index (χ2v) is 7.41. The summed E-state index contributed by atoms with van der Waals surface area (Å²) in [6.45, 7) is 6.10. The lowest BCUT2D eigenvalue weighted by Crippen LogP contribution is -2.17. The molecule has 1 amide bonds. The highest BCUT2D eigenvalue weighted by Gasteiger charge is 2.19. The maximum atomic E-state index is 12.4. The van der Waals surface area contributed by atoms with Crippen LogP contribution >= 0.6 is 34.2 Å². The van der Waals surface area contributed by atoms with Crippen LogP contribution < -0.4 is 5.32 Å². The van der Waals surface area contributed by atoms with Gasteiger partial charge in [0.25, 0.3) is 5.91 Å². The van der Waals surface area contributed by atoms with Crippen molar-refractivity contribution in [1.82, 2.24) is 4.98 Å². The highest BCUT2D eigenvalue weighted by atomic mass is 127. The zero-order chi connectivity index (χ0) is 15.6. The van der Waals surface area contributed by atoms with Gasteiger partial charge in [-0.3, -0.25) is 4.79 Å². The molecule has 0 atom stereocenters. The molecule has 0 aliphatic rings. The monoisotopic (exact) mass is 414 g/mol. The van der Waals surface area contributed by atoms with Crippen molar-refractivity contribution in [3.8, 4) is 0 Å². The van der Waals surface area contributed by atoms with Crippen molar-refractivity contribution in [2.75, 3.05) is 5.32 Å². The van der Waals surface area contributed by atoms with E-state index in [-0.39, 0.29) is 11.3 Å². The first-order valence-corrected chi connectivity index (χ1v) is 7.96. The van der Waals surface area contributed by atoms with Crippen molar-refractivity contribution >= 4 is 45.8 Å². The van der Waals surface area contributed by atoms with Gasteiger partial charge in [0, 0.05) is 25.9 Å². The fourth-order valence-electron chi connectivity index (χ4n) is 1.78. The molecule has 2 aromatic rings. The van der Waals surface area contributed by atoms with E-state index in [1.165, 1.54) is 0 Å². The number of carbonyl (C=O) groups is 1. The van der Waals surface area contributed by atoms with E-state index in [9.17, 15) is 4.79 Å². The molecular formula is C16H16ClIN2O. The molecule has 1 aromatic heterocycles. The van der Waals surface area contributed by atoms with Crippen molar-refractivity contribution in [3.05, 3.63) is 56.4 Å². The number of amides is 1. The zero-order valence-corrected chi connectivity index (χ0v) is 15.0. The van der Waals surface area contributed by atoms with Crippen LogP contribution in [0.2, 0.25) is 5.15 Å². The van der Waals surface area contributed by atoms with Gasteiger partial charge in [-0.05, 0) is 52.9 Å². The van der Waals surface area contributed by atoms with Crippen LogP contribution in [-0.2, 0) is 5.41 Å². The Morgan fingerprint density at radius 2 is 1.95 bits per heavy atom. The van der Waals surface area contributed by atoms with Crippen LogP contribution in [0.5, 0.6) is 0 Å². The van der Waals surface area contributed by atoms with Crippen molar-refractivity contribution < 1.29 is 4.79 Å². The van der Waals surface area contributed by atoms with Gasteiger partial charge in [-0.15, -0.1) is 0 Å². The lowest BCUT2D eigenvalue weighted by Gasteiger charge is -2.18. The predicted octanol–water partition coefficient (Wildman–Crippen LogP) is 4.89. The summed E-state index contributed by atoms with van der Waals surface area (Å²) in [5.74, 6) is -0.188. The molecule has 0 saturated heterocycles. The molecule has 21 heavy (non-hydrogen) atoms. The summed E-state index contributed by atoms with van der Waals surface area (Å²) >= 11 is 8.24. The molecule has 0 aliphatic heterocycles. The van der Waals surface area contributed by atoms with E-state index in [0.717, 1.165) is 15.0 Å². The SMILES string of the molecule is CC(C)(C)c1cc(C(=O)Nc2cccc(I)c2)cc(Cl)n1. The Balaban J connectivity index is 2.29. The third kappa shape index (κ3) is 4.41. The Morgan fingerprint density at radius 1 is 1.24 bits per heavy atom. The Kier molecular flexibility index (Phi) is 4.88. The standard InChI is InChI=1S/C16H16ClIN2O/c1-16(2,3)13-7-10(8-14(17)20-13)15(21)19-12-6-4-5-11(18)9-12/h4-9H,1-3H3,(H,19,21). The first-order chi connectivity index (χ1) is 9.75. The lowest BCUT2D eigenvalue weighted by atomic mass is 9.91. The van der Waals surface area contributed by atoms with Crippen LogP contribution in [-0.4, -0.2) is 10.9 Å².